The van der Waals surface area contributed by atoms with E-state index in [1.807, 2.05) is 32.4 Å². The number of likely N-dealkylation sites (tertiary alicyclic amines) is 1. The summed E-state index contributed by atoms with van der Waals surface area (Å²) in [7, 11) is 7.20. The molecule has 6 fully saturated rings. The predicted molar refractivity (Wildman–Crippen MR) is 156 cm³/mol. The number of benzene rings is 1. The molecule has 1 aromatic carbocycles. The summed E-state index contributed by atoms with van der Waals surface area (Å²) in [6.45, 7) is 6.16. The van der Waals surface area contributed by atoms with Crippen molar-refractivity contribution in [3.63, 3.8) is 0 Å². The average Bonchev–Trinajstić information content (AvgIpc) is 3.43. The molecule has 236 valence electrons. The number of ether oxygens (including phenoxy) is 6. The first-order chi connectivity index (χ1) is 20.8. The summed E-state index contributed by atoms with van der Waals surface area (Å²) in [5, 5.41) is 0. The van der Waals surface area contributed by atoms with Crippen molar-refractivity contribution in [2.45, 2.75) is 75.6 Å². The minimum atomic E-state index is -0.922. The first kappa shape index (κ1) is 29.7. The molecule has 13 atom stereocenters. The number of hydrogen-bond acceptors (Lipinski definition) is 9. The fraction of sp³-hybridized carbons (Fsp3) is 0.765. The number of esters is 2. The summed E-state index contributed by atoms with van der Waals surface area (Å²) >= 11 is 0. The zero-order valence-electron chi connectivity index (χ0n) is 26.3. The van der Waals surface area contributed by atoms with Crippen molar-refractivity contribution in [3.05, 3.63) is 35.9 Å². The smallest absolute Gasteiger partial charge is 0.338 e. The number of piperidine rings is 1. The molecule has 1 saturated heterocycles. The Morgan fingerprint density at radius 1 is 1.00 bits per heavy atom. The maximum Gasteiger partial charge on any atom is 0.338 e. The highest BCUT2D eigenvalue weighted by Crippen LogP contribution is 2.80. The van der Waals surface area contributed by atoms with Crippen LogP contribution in [0.5, 0.6) is 0 Å². The Balaban J connectivity index is 1.46. The number of fused-ring (bicyclic) bond motifs is 2. The van der Waals surface area contributed by atoms with Crippen LogP contribution in [0, 0.1) is 40.4 Å². The van der Waals surface area contributed by atoms with E-state index in [0.29, 0.717) is 18.6 Å². The van der Waals surface area contributed by atoms with Crippen LogP contribution in [0.1, 0.15) is 49.9 Å². The van der Waals surface area contributed by atoms with Crippen LogP contribution in [0.15, 0.2) is 30.3 Å². The van der Waals surface area contributed by atoms with Crippen molar-refractivity contribution < 1.29 is 38.0 Å². The van der Waals surface area contributed by atoms with Crippen molar-refractivity contribution in [2.24, 2.45) is 40.4 Å². The third kappa shape index (κ3) is 3.69. The van der Waals surface area contributed by atoms with Gasteiger partial charge in [-0.3, -0.25) is 9.69 Å². The number of rotatable bonds is 9. The Bertz CT molecular complexity index is 1240. The molecule has 1 spiro atoms. The molecule has 43 heavy (non-hydrogen) atoms. The van der Waals surface area contributed by atoms with E-state index in [-0.39, 0.29) is 76.7 Å². The SMILES string of the molecule is CCN1C[C@]2(COC)CC[C@@H](OC)[C@@]34[C@@H]5C[C@@H]6[C@@H](OC(=O)c7ccccc7)[C@@H]5[C@](OC(C)=O)(C[C@@H]6OC)[C@@H]([C@H](OC)[C@H]23)[C@H]14. The van der Waals surface area contributed by atoms with E-state index < -0.39 is 11.7 Å². The molecule has 1 heterocycles. The summed E-state index contributed by atoms with van der Waals surface area (Å²) < 4.78 is 38.7. The van der Waals surface area contributed by atoms with Gasteiger partial charge in [0.1, 0.15) is 11.7 Å². The first-order valence-electron chi connectivity index (χ1n) is 16.0. The number of nitrogens with zero attached hydrogens (tertiary/aromatic N) is 1. The summed E-state index contributed by atoms with van der Waals surface area (Å²) in [4.78, 5) is 29.5. The van der Waals surface area contributed by atoms with Gasteiger partial charge < -0.3 is 28.4 Å². The lowest BCUT2D eigenvalue weighted by atomic mass is 9.43. The van der Waals surface area contributed by atoms with Crippen molar-refractivity contribution in [2.75, 3.05) is 48.1 Å². The van der Waals surface area contributed by atoms with Crippen molar-refractivity contribution in [3.8, 4) is 0 Å². The molecule has 1 aromatic rings. The lowest BCUT2D eigenvalue weighted by Gasteiger charge is -2.69. The molecule has 0 amide bonds. The Kier molecular flexibility index (Phi) is 7.25. The van der Waals surface area contributed by atoms with Crippen LogP contribution < -0.4 is 0 Å². The van der Waals surface area contributed by atoms with E-state index in [1.54, 1.807) is 26.4 Å². The van der Waals surface area contributed by atoms with E-state index in [2.05, 4.69) is 11.8 Å². The average molecular weight is 598 g/mol. The van der Waals surface area contributed by atoms with Crippen LogP contribution >= 0.6 is 0 Å². The third-order valence-electron chi connectivity index (χ3n) is 12.9. The Hall–Kier alpha value is -2.04. The quantitative estimate of drug-likeness (QED) is 0.396. The van der Waals surface area contributed by atoms with Crippen molar-refractivity contribution >= 4 is 11.9 Å². The lowest BCUT2D eigenvalue weighted by molar-refractivity contribution is -0.280. The molecule has 7 rings (SSSR count). The summed E-state index contributed by atoms with van der Waals surface area (Å²) in [5.41, 5.74) is -0.816. The van der Waals surface area contributed by atoms with Gasteiger partial charge in [-0.05, 0) is 43.9 Å². The third-order valence-corrected chi connectivity index (χ3v) is 12.9. The van der Waals surface area contributed by atoms with Crippen LogP contribution in [0.2, 0.25) is 0 Å². The number of methoxy groups -OCH3 is 4. The van der Waals surface area contributed by atoms with Gasteiger partial charge in [0.2, 0.25) is 0 Å². The highest BCUT2D eigenvalue weighted by atomic mass is 16.6. The van der Waals surface area contributed by atoms with Crippen LogP contribution in [-0.2, 0) is 33.2 Å². The minimum Gasteiger partial charge on any atom is -0.458 e. The second-order valence-corrected chi connectivity index (χ2v) is 14.1. The lowest BCUT2D eigenvalue weighted by Crippen LogP contribution is -2.77. The van der Waals surface area contributed by atoms with Gasteiger partial charge in [0.05, 0.1) is 30.5 Å². The van der Waals surface area contributed by atoms with Gasteiger partial charge in [0.25, 0.3) is 0 Å². The molecule has 0 radical (unpaired) electrons. The number of carbonyl (C=O) groups excluding carboxylic acids is 2. The fourth-order valence-corrected chi connectivity index (χ4v) is 12.3. The van der Waals surface area contributed by atoms with Gasteiger partial charge >= 0.3 is 11.9 Å². The molecule has 6 aliphatic rings. The molecule has 5 saturated carbocycles. The van der Waals surface area contributed by atoms with Crippen LogP contribution in [0.25, 0.3) is 0 Å². The molecule has 7 bridgehead atoms. The maximum atomic E-state index is 13.7. The normalized spacial score (nSPS) is 47.3. The predicted octanol–water partition coefficient (Wildman–Crippen LogP) is 3.59. The molecular formula is C34H47NO8. The van der Waals surface area contributed by atoms with E-state index in [4.69, 9.17) is 28.4 Å². The van der Waals surface area contributed by atoms with Crippen molar-refractivity contribution in [1.82, 2.24) is 4.90 Å². The molecule has 0 aromatic heterocycles. The molecule has 9 nitrogen and oxygen atoms in total. The molecular weight excluding hydrogens is 550 g/mol. The molecule has 0 N–H and O–H groups in total. The van der Waals surface area contributed by atoms with Crippen LogP contribution in [0.3, 0.4) is 0 Å². The number of carbonyl (C=O) groups is 2. The second-order valence-electron chi connectivity index (χ2n) is 14.1. The summed E-state index contributed by atoms with van der Waals surface area (Å²) in [5.74, 6) is -0.797. The van der Waals surface area contributed by atoms with Crippen LogP contribution in [0.4, 0.5) is 0 Å². The monoisotopic (exact) mass is 597 g/mol. The van der Waals surface area contributed by atoms with Gasteiger partial charge in [-0.15, -0.1) is 0 Å². The standard InChI is InChI=1S/C34H47NO8/c1-7-35-17-32(18-38-3)14-13-24(40-5)34-22-15-21-23(39-4)16-33(43-19(2)36,26(30(34)35)28(41-6)29(32)34)25(22)27(21)42-31(37)20-11-9-8-10-12-20/h8-12,21-30H,7,13-18H2,1-6H3/t21-,22+,23-,24+,25+,26-,27+,28-,29+,30-,32-,33+,34-/m0/s1. The van der Waals surface area contributed by atoms with Gasteiger partial charge in [-0.2, -0.15) is 0 Å². The fourth-order valence-electron chi connectivity index (χ4n) is 12.3. The Labute approximate surface area is 254 Å². The highest BCUT2D eigenvalue weighted by Gasteiger charge is 2.88. The van der Waals surface area contributed by atoms with Gasteiger partial charge in [0, 0.05) is 88.9 Å². The largest absolute Gasteiger partial charge is 0.458 e. The molecule has 5 aliphatic carbocycles. The van der Waals surface area contributed by atoms with Gasteiger partial charge in [-0.25, -0.2) is 4.79 Å². The van der Waals surface area contributed by atoms with Gasteiger partial charge in [-0.1, -0.05) is 25.1 Å². The summed E-state index contributed by atoms with van der Waals surface area (Å²) in [6.07, 6.45) is 2.42. The van der Waals surface area contributed by atoms with Crippen molar-refractivity contribution in [1.29, 1.82) is 0 Å². The zero-order valence-corrected chi connectivity index (χ0v) is 26.3. The van der Waals surface area contributed by atoms with E-state index in [0.717, 1.165) is 32.4 Å². The summed E-state index contributed by atoms with van der Waals surface area (Å²) in [6, 6.07) is 9.26. The van der Waals surface area contributed by atoms with Gasteiger partial charge in [0.15, 0.2) is 0 Å². The molecule has 0 unspecified atom stereocenters. The van der Waals surface area contributed by atoms with E-state index in [9.17, 15) is 9.59 Å². The maximum absolute atomic E-state index is 13.7. The number of hydrogen-bond donors (Lipinski definition) is 0. The molecule has 1 aliphatic heterocycles. The van der Waals surface area contributed by atoms with E-state index >= 15 is 0 Å². The molecule has 9 heteroatoms. The minimum absolute atomic E-state index is 0.00405. The second kappa shape index (κ2) is 10.5. The van der Waals surface area contributed by atoms with E-state index in [1.165, 1.54) is 6.92 Å². The van der Waals surface area contributed by atoms with Crippen LogP contribution in [-0.4, -0.2) is 101 Å². The highest BCUT2D eigenvalue weighted by molar-refractivity contribution is 5.89. The topological polar surface area (TPSA) is 92.8 Å². The first-order valence-corrected chi connectivity index (χ1v) is 16.0. The zero-order chi connectivity index (χ0) is 30.3. The Morgan fingerprint density at radius 2 is 1.77 bits per heavy atom. The Morgan fingerprint density at radius 3 is 2.40 bits per heavy atom.